The zero-order valence-corrected chi connectivity index (χ0v) is 21.0. The van der Waals surface area contributed by atoms with Crippen LogP contribution in [-0.2, 0) is 4.74 Å². The van der Waals surface area contributed by atoms with Crippen molar-refractivity contribution in [3.05, 3.63) is 0 Å². The predicted molar refractivity (Wildman–Crippen MR) is 131 cm³/mol. The van der Waals surface area contributed by atoms with Crippen molar-refractivity contribution in [3.63, 3.8) is 0 Å². The molecule has 0 aromatic rings. The zero-order valence-electron chi connectivity index (χ0n) is 18.6. The molecule has 0 spiro atoms. The normalized spacial score (nSPS) is 21.3. The van der Waals surface area contributed by atoms with Gasteiger partial charge >= 0.3 is 0 Å². The molecule has 2 rings (SSSR count). The second kappa shape index (κ2) is 15.6. The molecule has 2 fully saturated rings. The molecule has 0 aliphatic carbocycles. The summed E-state index contributed by atoms with van der Waals surface area (Å²) in [4.78, 5) is 9.48. The van der Waals surface area contributed by atoms with E-state index in [1.165, 1.54) is 51.7 Å². The van der Waals surface area contributed by atoms with Crippen LogP contribution in [-0.4, -0.2) is 98.6 Å². The molecule has 0 radical (unpaired) electrons. The Morgan fingerprint density at radius 2 is 1.72 bits per heavy atom. The van der Waals surface area contributed by atoms with Crippen LogP contribution in [0.4, 0.5) is 0 Å². The number of hydrogen-bond acceptors (Lipinski definition) is 5. The lowest BCUT2D eigenvalue weighted by atomic mass is 10.1. The third kappa shape index (κ3) is 12.3. The molecule has 0 bridgehead atoms. The van der Waals surface area contributed by atoms with E-state index in [0.717, 1.165) is 51.8 Å². The fourth-order valence-corrected chi connectivity index (χ4v) is 3.91. The number of morpholine rings is 1. The Bertz CT molecular complexity index is 439. The number of ether oxygens (including phenoxy) is 1. The van der Waals surface area contributed by atoms with Gasteiger partial charge in [0.05, 0.1) is 25.4 Å². The van der Waals surface area contributed by atoms with Crippen LogP contribution in [0.25, 0.3) is 0 Å². The lowest BCUT2D eigenvalue weighted by molar-refractivity contribution is -0.0179. The number of aliphatic hydroxyl groups is 1. The number of piperidine rings is 1. The van der Waals surface area contributed by atoms with E-state index in [1.807, 2.05) is 6.92 Å². The highest BCUT2D eigenvalue weighted by Crippen LogP contribution is 2.10. The van der Waals surface area contributed by atoms with Crippen molar-refractivity contribution in [1.82, 2.24) is 20.4 Å². The Morgan fingerprint density at radius 1 is 1.00 bits per heavy atom. The predicted octanol–water partition coefficient (Wildman–Crippen LogP) is 1.90. The maximum atomic E-state index is 10.7. The van der Waals surface area contributed by atoms with E-state index in [0.29, 0.717) is 13.1 Å². The number of nitrogens with zero attached hydrogens (tertiary/aromatic N) is 3. The molecule has 0 aromatic heterocycles. The molecule has 3 N–H and O–H groups in total. The average molecular weight is 526 g/mol. The van der Waals surface area contributed by atoms with E-state index in [9.17, 15) is 5.11 Å². The van der Waals surface area contributed by atoms with Gasteiger partial charge in [-0.15, -0.1) is 24.0 Å². The first-order chi connectivity index (χ1) is 13.6. The summed E-state index contributed by atoms with van der Waals surface area (Å²) in [7, 11) is 0. The van der Waals surface area contributed by atoms with Crippen LogP contribution in [0.5, 0.6) is 0 Å². The van der Waals surface area contributed by atoms with Crippen LogP contribution >= 0.6 is 24.0 Å². The van der Waals surface area contributed by atoms with Crippen LogP contribution < -0.4 is 10.6 Å². The number of guanidine groups is 1. The number of aliphatic imine (C=N–C) groups is 1. The third-order valence-corrected chi connectivity index (χ3v) is 5.48. The number of rotatable bonds is 11. The highest BCUT2D eigenvalue weighted by atomic mass is 127. The van der Waals surface area contributed by atoms with Gasteiger partial charge in [0.25, 0.3) is 0 Å². The van der Waals surface area contributed by atoms with E-state index in [-0.39, 0.29) is 24.0 Å². The lowest BCUT2D eigenvalue weighted by Crippen LogP contribution is -2.48. The molecule has 0 saturated carbocycles. The number of β-amino-alcohol motifs (C(OH)–C–C–N with tert-alkyl or cyclic N) is 1. The lowest BCUT2D eigenvalue weighted by Gasteiger charge is -2.33. The molecule has 172 valence electrons. The minimum Gasteiger partial charge on any atom is -0.387 e. The summed E-state index contributed by atoms with van der Waals surface area (Å²) in [5.74, 6) is 0.806. The van der Waals surface area contributed by atoms with Crippen molar-refractivity contribution in [3.8, 4) is 0 Å². The maximum Gasteiger partial charge on any atom is 0.191 e. The number of hydrogen-bond donors (Lipinski definition) is 3. The van der Waals surface area contributed by atoms with E-state index in [1.54, 1.807) is 0 Å². The summed E-state index contributed by atoms with van der Waals surface area (Å²) in [6.07, 6.45) is 7.84. The summed E-state index contributed by atoms with van der Waals surface area (Å²) < 4.78 is 5.38. The monoisotopic (exact) mass is 525 g/mol. The van der Waals surface area contributed by atoms with Crippen molar-refractivity contribution < 1.29 is 9.84 Å². The molecule has 0 amide bonds. The molecular formula is C21H44IN5O2. The topological polar surface area (TPSA) is 72.4 Å². The maximum absolute atomic E-state index is 10.7. The van der Waals surface area contributed by atoms with Gasteiger partial charge < -0.3 is 25.4 Å². The number of unbranched alkanes of at least 4 members (excludes halogenated alkanes) is 2. The molecule has 2 saturated heterocycles. The molecule has 0 aromatic carbocycles. The van der Waals surface area contributed by atoms with Gasteiger partial charge in [-0.3, -0.25) is 9.89 Å². The van der Waals surface area contributed by atoms with E-state index in [2.05, 4.69) is 32.3 Å². The Morgan fingerprint density at radius 3 is 2.41 bits per heavy atom. The molecule has 2 aliphatic rings. The van der Waals surface area contributed by atoms with Crippen LogP contribution in [0.2, 0.25) is 0 Å². The summed E-state index contributed by atoms with van der Waals surface area (Å²) >= 11 is 0. The number of halogens is 1. The first-order valence-electron chi connectivity index (χ1n) is 11.4. The molecule has 1 unspecified atom stereocenters. The van der Waals surface area contributed by atoms with Gasteiger partial charge in [-0.2, -0.15) is 0 Å². The summed E-state index contributed by atoms with van der Waals surface area (Å²) in [6.45, 7) is 13.8. The first-order valence-corrected chi connectivity index (χ1v) is 11.4. The van der Waals surface area contributed by atoms with E-state index in [4.69, 9.17) is 4.74 Å². The fourth-order valence-electron chi connectivity index (χ4n) is 3.91. The SMILES string of the molecule is CCNC(=NCC(C)(O)CN1CCOCC1)NCCCCCN1CCCCC1.I. The van der Waals surface area contributed by atoms with Gasteiger partial charge in [-0.1, -0.05) is 12.8 Å². The van der Waals surface area contributed by atoms with Gasteiger partial charge in [0.15, 0.2) is 5.96 Å². The Kier molecular flexibility index (Phi) is 14.5. The van der Waals surface area contributed by atoms with E-state index < -0.39 is 5.60 Å². The zero-order chi connectivity index (χ0) is 20.1. The van der Waals surface area contributed by atoms with Gasteiger partial charge in [0.2, 0.25) is 0 Å². The summed E-state index contributed by atoms with van der Waals surface area (Å²) in [5.41, 5.74) is -0.825. The van der Waals surface area contributed by atoms with Crippen LogP contribution in [0, 0.1) is 0 Å². The highest BCUT2D eigenvalue weighted by Gasteiger charge is 2.25. The first kappa shape index (κ1) is 26.9. The van der Waals surface area contributed by atoms with Crippen molar-refractivity contribution >= 4 is 29.9 Å². The van der Waals surface area contributed by atoms with Gasteiger partial charge in [0, 0.05) is 32.7 Å². The van der Waals surface area contributed by atoms with E-state index >= 15 is 0 Å². The minimum absolute atomic E-state index is 0. The standard InChI is InChI=1S/C21H43N5O2.HI/c1-3-22-20(23-10-6-4-7-11-25-12-8-5-9-13-25)24-18-21(2,27)19-26-14-16-28-17-15-26;/h27H,3-19H2,1-2H3,(H2,22,23,24);1H. The van der Waals surface area contributed by atoms with Gasteiger partial charge in [0.1, 0.15) is 0 Å². The molecule has 8 heteroatoms. The largest absolute Gasteiger partial charge is 0.387 e. The van der Waals surface area contributed by atoms with Crippen LogP contribution in [0.1, 0.15) is 52.4 Å². The van der Waals surface area contributed by atoms with Gasteiger partial charge in [-0.25, -0.2) is 0 Å². The molecule has 2 aliphatic heterocycles. The van der Waals surface area contributed by atoms with Crippen LogP contribution in [0.3, 0.4) is 0 Å². The average Bonchev–Trinajstić information content (AvgIpc) is 2.70. The third-order valence-electron chi connectivity index (χ3n) is 5.48. The Balaban J connectivity index is 0.00000420. The molecule has 7 nitrogen and oxygen atoms in total. The van der Waals surface area contributed by atoms with Crippen molar-refractivity contribution in [2.24, 2.45) is 4.99 Å². The minimum atomic E-state index is -0.825. The highest BCUT2D eigenvalue weighted by molar-refractivity contribution is 14.0. The number of likely N-dealkylation sites (tertiary alicyclic amines) is 1. The van der Waals surface area contributed by atoms with Crippen molar-refractivity contribution in [1.29, 1.82) is 0 Å². The smallest absolute Gasteiger partial charge is 0.191 e. The Hall–Kier alpha value is -0.160. The molecule has 1 atom stereocenters. The van der Waals surface area contributed by atoms with Crippen molar-refractivity contribution in [2.75, 3.05) is 72.1 Å². The summed E-state index contributed by atoms with van der Waals surface area (Å²) in [6, 6.07) is 0. The molecule has 29 heavy (non-hydrogen) atoms. The van der Waals surface area contributed by atoms with Crippen LogP contribution in [0.15, 0.2) is 4.99 Å². The molecule has 2 heterocycles. The second-order valence-electron chi connectivity index (χ2n) is 8.47. The second-order valence-corrected chi connectivity index (χ2v) is 8.47. The number of nitrogens with one attached hydrogen (secondary N) is 2. The van der Waals surface area contributed by atoms with Gasteiger partial charge in [-0.05, 0) is 59.2 Å². The summed E-state index contributed by atoms with van der Waals surface area (Å²) in [5, 5.41) is 17.4. The fraction of sp³-hybridized carbons (Fsp3) is 0.952. The Labute approximate surface area is 195 Å². The molecular weight excluding hydrogens is 481 g/mol. The quantitative estimate of drug-likeness (QED) is 0.166. The van der Waals surface area contributed by atoms with Crippen molar-refractivity contribution in [2.45, 2.75) is 58.0 Å².